The number of carboxylic acid groups (broad SMARTS) is 1. The summed E-state index contributed by atoms with van der Waals surface area (Å²) in [6, 6.07) is 4.78. The summed E-state index contributed by atoms with van der Waals surface area (Å²) in [4.78, 5) is 35.3. The lowest BCUT2D eigenvalue weighted by Crippen LogP contribution is -2.68. The molecule has 0 aromatic heterocycles. The summed E-state index contributed by atoms with van der Waals surface area (Å²) in [6.45, 7) is -0.346. The molecule has 14 heteroatoms. The van der Waals surface area contributed by atoms with Gasteiger partial charge in [0, 0.05) is 42.7 Å². The average Bonchev–Trinajstić information content (AvgIpc) is 3.66. The van der Waals surface area contributed by atoms with E-state index in [4.69, 9.17) is 9.47 Å². The maximum absolute atomic E-state index is 13.6. The normalized spacial score (nSPS) is 29.0. The summed E-state index contributed by atoms with van der Waals surface area (Å²) < 4.78 is 11.7. The van der Waals surface area contributed by atoms with Crippen LogP contribution in [0.1, 0.15) is 28.7 Å². The van der Waals surface area contributed by atoms with Gasteiger partial charge < -0.3 is 45.2 Å². The first-order valence-electron chi connectivity index (χ1n) is 14.0. The zero-order valence-electron chi connectivity index (χ0n) is 23.3. The number of aromatic hydroxyl groups is 2. The minimum atomic E-state index is -1.93. The number of amides is 1. The molecule has 1 amide bonds. The second-order valence-electron chi connectivity index (χ2n) is 11.2. The fourth-order valence-corrected chi connectivity index (χ4v) is 6.21. The van der Waals surface area contributed by atoms with Crippen LogP contribution in [0.15, 0.2) is 40.3 Å². The van der Waals surface area contributed by atoms with Crippen molar-refractivity contribution in [1.29, 1.82) is 0 Å². The van der Waals surface area contributed by atoms with Crippen LogP contribution >= 0.6 is 0 Å². The van der Waals surface area contributed by atoms with Crippen molar-refractivity contribution < 1.29 is 54.8 Å². The molecule has 14 nitrogen and oxygen atoms in total. The van der Waals surface area contributed by atoms with Gasteiger partial charge in [-0.05, 0) is 41.8 Å². The van der Waals surface area contributed by atoms with Gasteiger partial charge in [-0.1, -0.05) is 6.07 Å². The van der Waals surface area contributed by atoms with Gasteiger partial charge in [0.25, 0.3) is 5.91 Å². The number of carbonyl (C=O) groups is 2. The first-order chi connectivity index (χ1) is 21.0. The predicted octanol–water partition coefficient (Wildman–Crippen LogP) is -0.326. The van der Waals surface area contributed by atoms with E-state index in [2.05, 4.69) is 9.98 Å². The molecule has 4 aliphatic rings. The van der Waals surface area contributed by atoms with Gasteiger partial charge in [-0.3, -0.25) is 19.7 Å². The number of nitrogens with zero attached hydrogens (tertiary/aromatic N) is 3. The van der Waals surface area contributed by atoms with Gasteiger partial charge in [-0.15, -0.1) is 0 Å². The summed E-state index contributed by atoms with van der Waals surface area (Å²) in [5, 5.41) is 72.2. The van der Waals surface area contributed by atoms with Crippen LogP contribution in [0, 0.1) is 0 Å². The third-order valence-electron chi connectivity index (χ3n) is 8.42. The van der Waals surface area contributed by atoms with Crippen molar-refractivity contribution in [3.05, 3.63) is 52.6 Å². The van der Waals surface area contributed by atoms with Gasteiger partial charge in [0.2, 0.25) is 5.79 Å². The van der Waals surface area contributed by atoms with E-state index in [0.29, 0.717) is 41.1 Å². The number of anilines is 1. The van der Waals surface area contributed by atoms with Crippen molar-refractivity contribution in [1.82, 2.24) is 0 Å². The summed E-state index contributed by atoms with van der Waals surface area (Å²) >= 11 is 0. The third-order valence-corrected chi connectivity index (χ3v) is 8.42. The van der Waals surface area contributed by atoms with Crippen LogP contribution in [0.5, 0.6) is 17.2 Å². The number of benzene rings is 2. The summed E-state index contributed by atoms with van der Waals surface area (Å²) in [6.07, 6.45) is -1.83. The number of carboxylic acids is 1. The highest BCUT2D eigenvalue weighted by atomic mass is 16.7. The molecule has 44 heavy (non-hydrogen) atoms. The van der Waals surface area contributed by atoms with E-state index in [-0.39, 0.29) is 36.4 Å². The number of aliphatic imine (C=N–C) groups is 2. The Balaban J connectivity index is 1.32. The lowest BCUT2D eigenvalue weighted by molar-refractivity contribution is -0.342. The van der Waals surface area contributed by atoms with Gasteiger partial charge in [0.15, 0.2) is 11.5 Å². The Hall–Kier alpha value is -4.34. The molecule has 6 rings (SSSR count). The van der Waals surface area contributed by atoms with Crippen LogP contribution in [0.25, 0.3) is 6.08 Å². The molecule has 0 bridgehead atoms. The van der Waals surface area contributed by atoms with Crippen molar-refractivity contribution in [2.45, 2.75) is 61.9 Å². The largest absolute Gasteiger partial charge is 0.508 e. The molecule has 7 N–H and O–H groups in total. The van der Waals surface area contributed by atoms with Crippen molar-refractivity contribution in [2.24, 2.45) is 9.98 Å². The SMILES string of the molecule is O=C(O)[C@H]1Cc2cc(O)c3c(c2N1C(=O)C=Cc1ccc(O)c(CC2=NCN=C2)c1)CC[C@@]1(O3)O[C@H](CO)[C@@H](O)[C@H](O)[C@H]1O. The number of carbonyl (C=O) groups excluding carboxylic acids is 1. The summed E-state index contributed by atoms with van der Waals surface area (Å²) in [7, 11) is 0. The maximum Gasteiger partial charge on any atom is 0.327 e. The number of rotatable bonds is 6. The minimum Gasteiger partial charge on any atom is -0.508 e. The number of ether oxygens (including phenoxy) is 2. The zero-order valence-corrected chi connectivity index (χ0v) is 23.3. The predicted molar refractivity (Wildman–Crippen MR) is 154 cm³/mol. The Bertz CT molecular complexity index is 1600. The zero-order chi connectivity index (χ0) is 31.3. The van der Waals surface area contributed by atoms with Gasteiger partial charge in [-0.2, -0.15) is 0 Å². The maximum atomic E-state index is 13.6. The summed E-state index contributed by atoms with van der Waals surface area (Å²) in [5.41, 5.74) is 2.80. The molecule has 1 spiro atoms. The monoisotopic (exact) mass is 609 g/mol. The first-order valence-corrected chi connectivity index (χ1v) is 14.0. The molecular formula is C30H31N3O11. The fraction of sp³-hybridized carbons (Fsp3) is 0.400. The number of aliphatic hydroxyl groups is 4. The van der Waals surface area contributed by atoms with Crippen molar-refractivity contribution in [3.63, 3.8) is 0 Å². The number of phenolic OH excluding ortho intramolecular Hbond substituents is 2. The quantitative estimate of drug-likeness (QED) is 0.210. The molecule has 0 radical (unpaired) electrons. The Labute approximate surface area is 250 Å². The van der Waals surface area contributed by atoms with E-state index in [1.54, 1.807) is 18.3 Å². The van der Waals surface area contributed by atoms with Crippen LogP contribution in [0.3, 0.4) is 0 Å². The van der Waals surface area contributed by atoms with E-state index in [0.717, 1.165) is 4.90 Å². The molecule has 2 aromatic rings. The Morgan fingerprint density at radius 1 is 1.11 bits per heavy atom. The highest BCUT2D eigenvalue weighted by molar-refractivity contribution is 6.32. The molecule has 232 valence electrons. The highest BCUT2D eigenvalue weighted by Gasteiger charge is 2.57. The second kappa shape index (κ2) is 11.3. The Morgan fingerprint density at radius 3 is 2.61 bits per heavy atom. The molecule has 4 aliphatic heterocycles. The first kappa shape index (κ1) is 29.7. The lowest BCUT2D eigenvalue weighted by Gasteiger charge is -2.50. The highest BCUT2D eigenvalue weighted by Crippen LogP contribution is 2.51. The third kappa shape index (κ3) is 5.00. The number of aliphatic carboxylic acids is 1. The minimum absolute atomic E-state index is 0.0262. The Morgan fingerprint density at radius 2 is 1.91 bits per heavy atom. The molecule has 1 saturated heterocycles. The van der Waals surface area contributed by atoms with Gasteiger partial charge in [0.1, 0.15) is 42.9 Å². The standard InChI is InChI=1S/C30H31N3O11/c34-12-22-25(38)26(39)28(40)30(43-22)6-5-18-24-16(10-21(36)27(18)44-30)9-19(29(41)42)33(24)23(37)4-2-14-1-3-20(35)15(7-14)8-17-11-31-13-32-17/h1-4,7,10-11,19,22,25-26,28,34-36,38-40H,5-6,8-9,12-13H2,(H,41,42)/t19-,22-,25-,26+,28-,30+/m1/s1. The second-order valence-corrected chi connectivity index (χ2v) is 11.2. The smallest absolute Gasteiger partial charge is 0.327 e. The van der Waals surface area contributed by atoms with Crippen LogP contribution in [0.2, 0.25) is 0 Å². The number of hydrogen-bond acceptors (Lipinski definition) is 12. The molecule has 0 unspecified atom stereocenters. The molecular weight excluding hydrogens is 578 g/mol. The van der Waals surface area contributed by atoms with Crippen molar-refractivity contribution in [3.8, 4) is 17.2 Å². The van der Waals surface area contributed by atoms with E-state index < -0.39 is 60.5 Å². The molecule has 4 heterocycles. The van der Waals surface area contributed by atoms with E-state index in [1.807, 2.05) is 0 Å². The van der Waals surface area contributed by atoms with E-state index in [9.17, 15) is 45.3 Å². The molecule has 1 fully saturated rings. The average molecular weight is 610 g/mol. The molecule has 2 aromatic carbocycles. The fourth-order valence-electron chi connectivity index (χ4n) is 6.21. The number of aliphatic hydroxyl groups excluding tert-OH is 4. The number of hydrogen-bond donors (Lipinski definition) is 7. The number of phenols is 2. The molecule has 6 atom stereocenters. The van der Waals surface area contributed by atoms with Crippen molar-refractivity contribution in [2.75, 3.05) is 18.2 Å². The Kier molecular flexibility index (Phi) is 7.63. The van der Waals surface area contributed by atoms with Gasteiger partial charge >= 0.3 is 5.97 Å². The topological polar surface area (TPSA) is 222 Å². The number of fused-ring (bicyclic) bond motifs is 3. The van der Waals surface area contributed by atoms with Gasteiger partial charge in [-0.25, -0.2) is 4.79 Å². The lowest BCUT2D eigenvalue weighted by atomic mass is 9.86. The van der Waals surface area contributed by atoms with Crippen LogP contribution in [-0.4, -0.2) is 109 Å². The van der Waals surface area contributed by atoms with Crippen molar-refractivity contribution >= 4 is 35.6 Å². The van der Waals surface area contributed by atoms with E-state index >= 15 is 0 Å². The van der Waals surface area contributed by atoms with E-state index in [1.165, 1.54) is 24.3 Å². The molecule has 0 aliphatic carbocycles. The summed E-state index contributed by atoms with van der Waals surface area (Å²) in [5.74, 6) is -4.36. The van der Waals surface area contributed by atoms with Crippen LogP contribution in [0.4, 0.5) is 5.69 Å². The van der Waals surface area contributed by atoms with Crippen LogP contribution in [-0.2, 0) is 33.6 Å². The van der Waals surface area contributed by atoms with Gasteiger partial charge in [0.05, 0.1) is 18.0 Å². The molecule has 0 saturated carbocycles. The van der Waals surface area contributed by atoms with Crippen LogP contribution < -0.4 is 9.64 Å².